The van der Waals surface area contributed by atoms with E-state index in [2.05, 4.69) is 15.0 Å². The van der Waals surface area contributed by atoms with Crippen molar-refractivity contribution in [1.29, 1.82) is 0 Å². The Hall–Kier alpha value is -0.990. The molecule has 0 fully saturated rings. The Morgan fingerprint density at radius 1 is 0.875 bits per heavy atom. The molecule has 0 bridgehead atoms. The van der Waals surface area contributed by atoms with Gasteiger partial charge in [0.2, 0.25) is 7.59 Å². The molecule has 3 aromatic rings. The molecule has 0 N–H and O–H groups in total. The molecule has 0 saturated heterocycles. The summed E-state index contributed by atoms with van der Waals surface area (Å²) in [5, 5.41) is 0. The summed E-state index contributed by atoms with van der Waals surface area (Å²) in [5.74, 6) is -0.470. The minimum atomic E-state index is -1.93. The molecule has 1 heterocycles. The van der Waals surface area contributed by atoms with Gasteiger partial charge < -0.3 is 4.74 Å². The lowest BCUT2D eigenvalue weighted by Crippen LogP contribution is -2.16. The zero-order valence-corrected chi connectivity index (χ0v) is 21.5. The van der Waals surface area contributed by atoms with Crippen LogP contribution in [0, 0.1) is 0 Å². The fourth-order valence-corrected chi connectivity index (χ4v) is 3.90. The highest BCUT2D eigenvalue weighted by atomic mass is 35.6. The van der Waals surface area contributed by atoms with Crippen molar-refractivity contribution < 1.29 is 9.53 Å². The zero-order valence-electron chi connectivity index (χ0n) is 16.2. The Balaban J connectivity index is 1.89. The van der Waals surface area contributed by atoms with E-state index in [0.29, 0.717) is 5.56 Å². The Bertz CT molecular complexity index is 1090. The molecule has 0 saturated carbocycles. The van der Waals surface area contributed by atoms with Crippen molar-refractivity contribution in [3.8, 4) is 11.4 Å². The summed E-state index contributed by atoms with van der Waals surface area (Å²) < 4.78 is 1.27. The van der Waals surface area contributed by atoms with Gasteiger partial charge in [0.1, 0.15) is 6.61 Å². The number of hydrogen-bond acceptors (Lipinski definition) is 6. The van der Waals surface area contributed by atoms with Crippen molar-refractivity contribution in [2.24, 2.45) is 0 Å². The highest BCUT2D eigenvalue weighted by Gasteiger charge is 2.34. The molecular formula is C20H13Cl6N3O2S. The SMILES string of the molecule is CC(=O)OCc1ccccc1Sc1ccc(-c2nc(C(Cl)(Cl)Cl)nc(C(Cl)(Cl)Cl)n2)cc1. The number of rotatable bonds is 5. The predicted octanol–water partition coefficient (Wildman–Crippen LogP) is 7.41. The molecule has 3 rings (SSSR count). The summed E-state index contributed by atoms with van der Waals surface area (Å²) in [6.07, 6.45) is 0. The van der Waals surface area contributed by atoms with E-state index in [9.17, 15) is 4.79 Å². The van der Waals surface area contributed by atoms with Gasteiger partial charge in [0.25, 0.3) is 0 Å². The molecule has 0 aliphatic heterocycles. The first-order valence-corrected chi connectivity index (χ1v) is 11.9. The molecule has 168 valence electrons. The Kier molecular flexibility index (Phi) is 8.42. The molecule has 2 aromatic carbocycles. The van der Waals surface area contributed by atoms with Gasteiger partial charge in [-0.1, -0.05) is 112 Å². The van der Waals surface area contributed by atoms with Gasteiger partial charge >= 0.3 is 5.97 Å². The van der Waals surface area contributed by atoms with Gasteiger partial charge in [-0.25, -0.2) is 15.0 Å². The standard InChI is InChI=1S/C20H13Cl6N3O2S/c1-11(30)31-10-13-4-2-3-5-15(13)32-14-8-6-12(7-9-14)16-27-17(19(21,22)23)29-18(28-16)20(24,25)26/h2-9H,10H2,1H3. The fraction of sp³-hybridized carbons (Fsp3) is 0.200. The van der Waals surface area contributed by atoms with Crippen LogP contribution >= 0.6 is 81.4 Å². The number of hydrogen-bond donors (Lipinski definition) is 0. The smallest absolute Gasteiger partial charge is 0.302 e. The van der Waals surface area contributed by atoms with Crippen molar-refractivity contribution in [3.05, 3.63) is 65.7 Å². The summed E-state index contributed by atoms with van der Waals surface area (Å²) in [6, 6.07) is 15.0. The molecule has 32 heavy (non-hydrogen) atoms. The highest BCUT2D eigenvalue weighted by molar-refractivity contribution is 7.99. The third-order valence-corrected chi connectivity index (χ3v) is 6.03. The largest absolute Gasteiger partial charge is 0.461 e. The number of carbonyl (C=O) groups is 1. The van der Waals surface area contributed by atoms with E-state index in [-0.39, 0.29) is 30.0 Å². The first kappa shape index (κ1) is 25.6. The number of carbonyl (C=O) groups excluding carboxylic acids is 1. The van der Waals surface area contributed by atoms with Crippen molar-refractivity contribution in [2.45, 2.75) is 30.9 Å². The maximum absolute atomic E-state index is 11.1. The Morgan fingerprint density at radius 2 is 1.44 bits per heavy atom. The monoisotopic (exact) mass is 569 g/mol. The second kappa shape index (κ2) is 10.5. The lowest BCUT2D eigenvalue weighted by Gasteiger charge is -2.15. The van der Waals surface area contributed by atoms with Crippen molar-refractivity contribution in [3.63, 3.8) is 0 Å². The molecule has 0 atom stereocenters. The van der Waals surface area contributed by atoms with Crippen LogP contribution in [0.15, 0.2) is 58.3 Å². The average molecular weight is 572 g/mol. The first-order chi connectivity index (χ1) is 14.9. The number of halogens is 6. The Morgan fingerprint density at radius 3 is 1.97 bits per heavy atom. The molecule has 0 unspecified atom stereocenters. The quantitative estimate of drug-likeness (QED) is 0.235. The summed E-state index contributed by atoms with van der Waals surface area (Å²) >= 11 is 37.1. The molecule has 0 aliphatic carbocycles. The number of ether oxygens (including phenoxy) is 1. The van der Waals surface area contributed by atoms with Crippen LogP contribution in [0.3, 0.4) is 0 Å². The van der Waals surface area contributed by atoms with Crippen LogP contribution < -0.4 is 0 Å². The lowest BCUT2D eigenvalue weighted by molar-refractivity contribution is -0.142. The van der Waals surface area contributed by atoms with Crippen LogP contribution in [0.5, 0.6) is 0 Å². The van der Waals surface area contributed by atoms with Crippen LogP contribution in [0.25, 0.3) is 11.4 Å². The molecule has 0 amide bonds. The first-order valence-electron chi connectivity index (χ1n) is 8.83. The minimum absolute atomic E-state index is 0.160. The van der Waals surface area contributed by atoms with E-state index in [4.69, 9.17) is 74.3 Å². The van der Waals surface area contributed by atoms with Gasteiger partial charge in [-0.2, -0.15) is 0 Å². The van der Waals surface area contributed by atoms with Crippen molar-refractivity contribution in [2.75, 3.05) is 0 Å². The van der Waals surface area contributed by atoms with Crippen LogP contribution in [0.2, 0.25) is 0 Å². The van der Waals surface area contributed by atoms with Crippen LogP contribution in [-0.4, -0.2) is 20.9 Å². The van der Waals surface area contributed by atoms with E-state index < -0.39 is 7.59 Å². The third kappa shape index (κ3) is 7.00. The van der Waals surface area contributed by atoms with Gasteiger partial charge in [0, 0.05) is 27.8 Å². The van der Waals surface area contributed by atoms with Gasteiger partial charge in [-0.3, -0.25) is 4.79 Å². The van der Waals surface area contributed by atoms with Gasteiger partial charge in [-0.15, -0.1) is 0 Å². The second-order valence-electron chi connectivity index (χ2n) is 6.32. The molecule has 0 radical (unpaired) electrons. The maximum atomic E-state index is 11.1. The number of alkyl halides is 6. The second-order valence-corrected chi connectivity index (χ2v) is 12.0. The molecule has 1 aromatic heterocycles. The summed E-state index contributed by atoms with van der Waals surface area (Å²) in [4.78, 5) is 25.4. The van der Waals surface area contributed by atoms with E-state index in [1.54, 1.807) is 12.1 Å². The number of nitrogens with zero attached hydrogens (tertiary/aromatic N) is 3. The molecule has 5 nitrogen and oxygen atoms in total. The maximum Gasteiger partial charge on any atom is 0.302 e. The predicted molar refractivity (Wildman–Crippen MR) is 130 cm³/mol. The van der Waals surface area contributed by atoms with E-state index >= 15 is 0 Å². The van der Waals surface area contributed by atoms with Crippen LogP contribution in [0.1, 0.15) is 24.1 Å². The van der Waals surface area contributed by atoms with Gasteiger partial charge in [0.15, 0.2) is 17.5 Å². The molecule has 0 spiro atoms. The van der Waals surface area contributed by atoms with Gasteiger partial charge in [-0.05, 0) is 18.2 Å². The fourth-order valence-electron chi connectivity index (χ4n) is 2.46. The normalized spacial score (nSPS) is 12.0. The van der Waals surface area contributed by atoms with Crippen LogP contribution in [-0.2, 0) is 23.7 Å². The number of esters is 1. The molecular weight excluding hydrogens is 559 g/mol. The van der Waals surface area contributed by atoms with E-state index in [0.717, 1.165) is 15.4 Å². The topological polar surface area (TPSA) is 65.0 Å². The number of benzene rings is 2. The van der Waals surface area contributed by atoms with Crippen molar-refractivity contribution >= 4 is 87.3 Å². The zero-order chi connectivity index (χ0) is 23.5. The molecule has 12 heteroatoms. The molecule has 0 aliphatic rings. The van der Waals surface area contributed by atoms with E-state index in [1.165, 1.54) is 18.7 Å². The summed E-state index contributed by atoms with van der Waals surface area (Å²) in [5.41, 5.74) is 1.50. The Labute approximate surface area is 218 Å². The average Bonchev–Trinajstić information content (AvgIpc) is 2.72. The lowest BCUT2D eigenvalue weighted by atomic mass is 10.2. The van der Waals surface area contributed by atoms with E-state index in [1.807, 2.05) is 36.4 Å². The number of aromatic nitrogens is 3. The minimum Gasteiger partial charge on any atom is -0.461 e. The third-order valence-electron chi connectivity index (χ3n) is 3.89. The summed E-state index contributed by atoms with van der Waals surface area (Å²) in [7, 11) is 0. The van der Waals surface area contributed by atoms with Gasteiger partial charge in [0.05, 0.1) is 0 Å². The summed E-state index contributed by atoms with van der Waals surface area (Å²) in [6.45, 7) is 1.57. The van der Waals surface area contributed by atoms with Crippen LogP contribution in [0.4, 0.5) is 0 Å². The van der Waals surface area contributed by atoms with Crippen molar-refractivity contribution in [1.82, 2.24) is 15.0 Å². The highest BCUT2D eigenvalue weighted by Crippen LogP contribution is 2.41.